The fraction of sp³-hybridized carbons (Fsp3) is 0.529. The van der Waals surface area contributed by atoms with E-state index in [9.17, 15) is 9.18 Å². The number of nitrogens with zero attached hydrogens (tertiary/aromatic N) is 3. The highest BCUT2D eigenvalue weighted by Crippen LogP contribution is 2.24. The molecule has 2 atom stereocenters. The first-order chi connectivity index (χ1) is 11.6. The zero-order chi connectivity index (χ0) is 16.9. The van der Waals surface area contributed by atoms with Crippen molar-refractivity contribution in [3.8, 4) is 0 Å². The van der Waals surface area contributed by atoms with Crippen LogP contribution >= 0.6 is 11.3 Å². The van der Waals surface area contributed by atoms with Gasteiger partial charge in [0.15, 0.2) is 0 Å². The van der Waals surface area contributed by atoms with Gasteiger partial charge in [0, 0.05) is 50.6 Å². The van der Waals surface area contributed by atoms with Crippen LogP contribution in [0.15, 0.2) is 34.4 Å². The summed E-state index contributed by atoms with van der Waals surface area (Å²) in [5, 5.41) is 2.92. The first-order valence-electron chi connectivity index (χ1n) is 8.14. The normalized spacial score (nSPS) is 21.2. The Balaban J connectivity index is 1.51. The maximum Gasteiger partial charge on any atom is 0.222 e. The highest BCUT2D eigenvalue weighted by molar-refractivity contribution is 7.09. The van der Waals surface area contributed by atoms with Crippen molar-refractivity contribution in [3.63, 3.8) is 0 Å². The van der Waals surface area contributed by atoms with Crippen LogP contribution in [-0.4, -0.2) is 53.0 Å². The number of alkyl halides is 1. The molecule has 1 aliphatic heterocycles. The summed E-state index contributed by atoms with van der Waals surface area (Å²) in [5.74, 6) is 0.870. The average molecular weight is 351 g/mol. The number of hydrogen-bond donors (Lipinski definition) is 0. The molecule has 3 rings (SSSR count). The van der Waals surface area contributed by atoms with Gasteiger partial charge < -0.3 is 9.32 Å². The summed E-state index contributed by atoms with van der Waals surface area (Å²) in [4.78, 5) is 20.4. The second kappa shape index (κ2) is 7.90. The number of aromatic nitrogens is 1. The molecule has 0 bridgehead atoms. The number of carbonyl (C=O) groups excluding carboxylic acids is 1. The molecule has 0 unspecified atom stereocenters. The number of thiazole rings is 1. The Hall–Kier alpha value is -1.73. The largest absolute Gasteiger partial charge is 0.469 e. The van der Waals surface area contributed by atoms with E-state index in [4.69, 9.17) is 4.42 Å². The quantitative estimate of drug-likeness (QED) is 0.770. The third kappa shape index (κ3) is 4.42. The van der Waals surface area contributed by atoms with Crippen molar-refractivity contribution < 1.29 is 13.6 Å². The van der Waals surface area contributed by atoms with Crippen molar-refractivity contribution in [2.24, 2.45) is 0 Å². The van der Waals surface area contributed by atoms with Gasteiger partial charge in [-0.05, 0) is 18.6 Å². The van der Waals surface area contributed by atoms with Gasteiger partial charge in [0.1, 0.15) is 16.9 Å². The Morgan fingerprint density at radius 2 is 2.46 bits per heavy atom. The van der Waals surface area contributed by atoms with Gasteiger partial charge in [-0.2, -0.15) is 0 Å². The van der Waals surface area contributed by atoms with E-state index in [1.165, 1.54) is 0 Å². The lowest BCUT2D eigenvalue weighted by atomic mass is 10.1. The van der Waals surface area contributed by atoms with Gasteiger partial charge in [-0.25, -0.2) is 9.37 Å². The maximum atomic E-state index is 13.9. The standard InChI is InChI=1S/C17H22FN3O2S/c1-20(17(22)5-4-15-3-2-7-23-15)11-14-9-13(18)10-21(14)12-16-19-6-8-24-16/h2-3,6-8,13-14H,4-5,9-12H2,1H3/t13-,14-/m0/s1. The smallest absolute Gasteiger partial charge is 0.222 e. The van der Waals surface area contributed by atoms with Crippen LogP contribution in [0.2, 0.25) is 0 Å². The number of hydrogen-bond acceptors (Lipinski definition) is 5. The van der Waals surface area contributed by atoms with Gasteiger partial charge in [0.05, 0.1) is 12.8 Å². The molecule has 5 nitrogen and oxygen atoms in total. The minimum Gasteiger partial charge on any atom is -0.469 e. The monoisotopic (exact) mass is 351 g/mol. The number of amides is 1. The number of aryl methyl sites for hydroxylation is 1. The number of rotatable bonds is 7. The Kier molecular flexibility index (Phi) is 5.63. The van der Waals surface area contributed by atoms with Crippen LogP contribution in [-0.2, 0) is 17.8 Å². The molecule has 0 saturated carbocycles. The van der Waals surface area contributed by atoms with Crippen LogP contribution in [0.25, 0.3) is 0 Å². The zero-order valence-corrected chi connectivity index (χ0v) is 14.5. The van der Waals surface area contributed by atoms with Gasteiger partial charge in [0.25, 0.3) is 0 Å². The van der Waals surface area contributed by atoms with Crippen LogP contribution < -0.4 is 0 Å². The molecule has 0 spiro atoms. The fourth-order valence-corrected chi connectivity index (χ4v) is 3.75. The van der Waals surface area contributed by atoms with Gasteiger partial charge in [0.2, 0.25) is 5.91 Å². The Labute approximate surface area is 145 Å². The van der Waals surface area contributed by atoms with Crippen molar-refractivity contribution in [1.29, 1.82) is 0 Å². The van der Waals surface area contributed by atoms with E-state index in [2.05, 4.69) is 9.88 Å². The van der Waals surface area contributed by atoms with E-state index in [0.717, 1.165) is 10.8 Å². The molecule has 0 radical (unpaired) electrons. The summed E-state index contributed by atoms with van der Waals surface area (Å²) in [6.07, 6.45) is 4.02. The SMILES string of the molecule is CN(C[C@@H]1C[C@H](F)CN1Cc1nccs1)C(=O)CCc1ccco1. The summed E-state index contributed by atoms with van der Waals surface area (Å²) in [6.45, 7) is 1.61. The maximum absolute atomic E-state index is 13.9. The molecular formula is C17H22FN3O2S. The molecule has 0 aromatic carbocycles. The molecule has 0 N–H and O–H groups in total. The molecule has 24 heavy (non-hydrogen) atoms. The number of carbonyl (C=O) groups is 1. The molecule has 1 saturated heterocycles. The second-order valence-electron chi connectivity index (χ2n) is 6.20. The van der Waals surface area contributed by atoms with E-state index in [-0.39, 0.29) is 11.9 Å². The third-order valence-corrected chi connectivity index (χ3v) is 5.14. The van der Waals surface area contributed by atoms with Crippen LogP contribution in [0.3, 0.4) is 0 Å². The predicted octanol–water partition coefficient (Wildman–Crippen LogP) is 2.74. The van der Waals surface area contributed by atoms with E-state index in [0.29, 0.717) is 38.9 Å². The lowest BCUT2D eigenvalue weighted by molar-refractivity contribution is -0.130. The fourth-order valence-electron chi connectivity index (χ4n) is 3.10. The van der Waals surface area contributed by atoms with Crippen molar-refractivity contribution in [1.82, 2.24) is 14.8 Å². The molecule has 1 fully saturated rings. The molecule has 3 heterocycles. The number of likely N-dealkylation sites (N-methyl/N-ethyl adjacent to an activating group) is 1. The lowest BCUT2D eigenvalue weighted by Crippen LogP contribution is -2.41. The predicted molar refractivity (Wildman–Crippen MR) is 90.5 cm³/mol. The minimum atomic E-state index is -0.832. The number of furan rings is 1. The highest BCUT2D eigenvalue weighted by atomic mass is 32.1. The van der Waals surface area contributed by atoms with Crippen LogP contribution in [0.1, 0.15) is 23.6 Å². The van der Waals surface area contributed by atoms with E-state index < -0.39 is 6.17 Å². The molecule has 0 aliphatic carbocycles. The molecule has 2 aromatic heterocycles. The third-order valence-electron chi connectivity index (χ3n) is 4.37. The van der Waals surface area contributed by atoms with Crippen LogP contribution in [0.4, 0.5) is 4.39 Å². The molecule has 130 valence electrons. The number of halogens is 1. The Morgan fingerprint density at radius 1 is 1.58 bits per heavy atom. The van der Waals surface area contributed by atoms with Crippen molar-refractivity contribution in [2.45, 2.75) is 38.0 Å². The van der Waals surface area contributed by atoms with E-state index >= 15 is 0 Å². The molecule has 7 heteroatoms. The van der Waals surface area contributed by atoms with Gasteiger partial charge in [-0.15, -0.1) is 11.3 Å². The van der Waals surface area contributed by atoms with Crippen LogP contribution in [0, 0.1) is 0 Å². The Bertz CT molecular complexity index is 632. The van der Waals surface area contributed by atoms with Crippen molar-refractivity contribution >= 4 is 17.2 Å². The summed E-state index contributed by atoms with van der Waals surface area (Å²) >= 11 is 1.58. The highest BCUT2D eigenvalue weighted by Gasteiger charge is 2.33. The summed E-state index contributed by atoms with van der Waals surface area (Å²) < 4.78 is 19.1. The van der Waals surface area contributed by atoms with E-state index in [1.54, 1.807) is 35.7 Å². The molecule has 1 aliphatic rings. The Morgan fingerprint density at radius 3 is 3.17 bits per heavy atom. The van der Waals surface area contributed by atoms with Gasteiger partial charge in [-0.3, -0.25) is 9.69 Å². The first-order valence-corrected chi connectivity index (χ1v) is 9.02. The van der Waals surface area contributed by atoms with E-state index in [1.807, 2.05) is 17.5 Å². The summed E-state index contributed by atoms with van der Waals surface area (Å²) in [7, 11) is 1.79. The van der Waals surface area contributed by atoms with Crippen LogP contribution in [0.5, 0.6) is 0 Å². The second-order valence-corrected chi connectivity index (χ2v) is 7.17. The van der Waals surface area contributed by atoms with Gasteiger partial charge >= 0.3 is 0 Å². The topological polar surface area (TPSA) is 49.6 Å². The van der Waals surface area contributed by atoms with Gasteiger partial charge in [-0.1, -0.05) is 0 Å². The molecule has 2 aromatic rings. The molecular weight excluding hydrogens is 329 g/mol. The zero-order valence-electron chi connectivity index (χ0n) is 13.7. The summed E-state index contributed by atoms with van der Waals surface area (Å²) in [5.41, 5.74) is 0. The lowest BCUT2D eigenvalue weighted by Gasteiger charge is -2.27. The minimum absolute atomic E-state index is 0.0430. The molecule has 1 amide bonds. The first kappa shape index (κ1) is 17.1. The average Bonchev–Trinajstić information content (AvgIpc) is 3.29. The summed E-state index contributed by atoms with van der Waals surface area (Å²) in [6, 6.07) is 3.73. The van der Waals surface area contributed by atoms with Crippen molar-refractivity contribution in [2.75, 3.05) is 20.1 Å². The number of likely N-dealkylation sites (tertiary alicyclic amines) is 1. The van der Waals surface area contributed by atoms with Crippen molar-refractivity contribution in [3.05, 3.63) is 40.7 Å².